The second-order valence-electron chi connectivity index (χ2n) is 17.0. The number of benzene rings is 5. The van der Waals surface area contributed by atoms with Crippen LogP contribution in [0.15, 0.2) is 132 Å². The van der Waals surface area contributed by atoms with Crippen molar-refractivity contribution < 1.29 is 27.3 Å². The zero-order valence-corrected chi connectivity index (χ0v) is 39.6. The van der Waals surface area contributed by atoms with E-state index in [-0.39, 0.29) is 20.1 Å². The summed E-state index contributed by atoms with van der Waals surface area (Å²) in [6, 6.07) is 48.6. The minimum absolute atomic E-state index is 0. The predicted octanol–water partition coefficient (Wildman–Crippen LogP) is 12.6. The van der Waals surface area contributed by atoms with Crippen molar-refractivity contribution in [3.63, 3.8) is 0 Å². The van der Waals surface area contributed by atoms with Gasteiger partial charge in [0, 0.05) is 42.6 Å². The van der Waals surface area contributed by atoms with Crippen LogP contribution in [0.4, 0.5) is 0 Å². The summed E-state index contributed by atoms with van der Waals surface area (Å²) in [6.07, 6.45) is 0.502. The number of para-hydroxylation sites is 3. The zero-order valence-electron chi connectivity index (χ0n) is 37.1. The minimum atomic E-state index is -2.24. The fraction of sp³-hybridized carbons (Fsp3) is 0.192. The van der Waals surface area contributed by atoms with Crippen LogP contribution in [0.5, 0.6) is 0 Å². The largest absolute Gasteiger partial charge is 0 e. The van der Waals surface area contributed by atoms with Crippen LogP contribution in [0.2, 0.25) is 17.3 Å². The van der Waals surface area contributed by atoms with E-state index in [2.05, 4.69) is 74.3 Å². The minimum Gasteiger partial charge on any atom is 0 e. The molecule has 0 fully saturated rings. The number of pyridine rings is 2. The number of nitriles is 1. The van der Waals surface area contributed by atoms with Gasteiger partial charge in [-0.05, 0) is 61.7 Å². The van der Waals surface area contributed by atoms with Crippen LogP contribution in [0, 0.1) is 42.7 Å². The van der Waals surface area contributed by atoms with Gasteiger partial charge in [0.1, 0.15) is 5.58 Å². The summed E-state index contributed by atoms with van der Waals surface area (Å²) >= 11 is -2.24. The number of nitrogens with zero attached hydrogens (tertiary/aromatic N) is 5. The number of furan rings is 1. The molecular formula is C52H47GeIrN5O-2. The molecule has 8 heteroatoms. The Balaban J connectivity index is 0.000000208. The van der Waals surface area contributed by atoms with Gasteiger partial charge in [0.05, 0.1) is 34.1 Å². The van der Waals surface area contributed by atoms with E-state index in [1.165, 1.54) is 0 Å². The summed E-state index contributed by atoms with van der Waals surface area (Å²) in [6.45, 7) is 9.89. The molecule has 1 radical (unpaired) electrons. The Morgan fingerprint density at radius 3 is 2.23 bits per heavy atom. The third-order valence-electron chi connectivity index (χ3n) is 10.1. The van der Waals surface area contributed by atoms with Crippen LogP contribution >= 0.6 is 0 Å². The Morgan fingerprint density at radius 2 is 1.55 bits per heavy atom. The summed E-state index contributed by atoms with van der Waals surface area (Å²) < 4.78 is 27.4. The van der Waals surface area contributed by atoms with Gasteiger partial charge in [-0.3, -0.25) is 9.97 Å². The third kappa shape index (κ3) is 8.79. The van der Waals surface area contributed by atoms with E-state index in [1.807, 2.05) is 138 Å². The predicted molar refractivity (Wildman–Crippen MR) is 245 cm³/mol. The van der Waals surface area contributed by atoms with E-state index >= 15 is 0 Å². The number of aryl methyl sites for hydroxylation is 2. The quantitative estimate of drug-likeness (QED) is 0.122. The molecule has 0 aliphatic rings. The van der Waals surface area contributed by atoms with Gasteiger partial charge in [0.2, 0.25) is 0 Å². The van der Waals surface area contributed by atoms with E-state index in [4.69, 9.17) is 12.1 Å². The molecule has 4 heterocycles. The molecule has 0 saturated carbocycles. The number of rotatable bonds is 6. The van der Waals surface area contributed by atoms with Gasteiger partial charge in [-0.2, -0.15) is 5.26 Å². The van der Waals surface area contributed by atoms with Gasteiger partial charge < -0.3 is 8.98 Å². The van der Waals surface area contributed by atoms with Gasteiger partial charge in [-0.15, -0.1) is 12.1 Å². The van der Waals surface area contributed by atoms with E-state index in [1.54, 1.807) is 0 Å². The number of aromatic nitrogens is 4. The molecule has 301 valence electrons. The van der Waals surface area contributed by atoms with Crippen LogP contribution in [-0.2, 0) is 26.5 Å². The van der Waals surface area contributed by atoms with Gasteiger partial charge in [-0.1, -0.05) is 59.2 Å². The maximum atomic E-state index is 9.27. The summed E-state index contributed by atoms with van der Waals surface area (Å²) in [4.78, 5) is 14.3. The number of fused-ring (bicyclic) bond motifs is 4. The molecule has 6 nitrogen and oxygen atoms in total. The summed E-state index contributed by atoms with van der Waals surface area (Å²) in [5, 5.41) is 11.3. The fourth-order valence-electron chi connectivity index (χ4n) is 7.55. The number of hydrogen-bond donors (Lipinski definition) is 0. The van der Waals surface area contributed by atoms with Crippen LogP contribution in [-0.4, -0.2) is 32.8 Å². The van der Waals surface area contributed by atoms with Gasteiger partial charge in [0.25, 0.3) is 0 Å². The van der Waals surface area contributed by atoms with Crippen LogP contribution in [0.1, 0.15) is 46.0 Å². The van der Waals surface area contributed by atoms with Crippen molar-refractivity contribution in [2.75, 3.05) is 0 Å². The molecule has 0 aliphatic carbocycles. The first kappa shape index (κ1) is 39.8. The molecule has 0 aliphatic heterocycles. The molecule has 0 spiro atoms. The molecule has 4 aromatic heterocycles. The fourth-order valence-corrected chi connectivity index (χ4v) is 10.5. The van der Waals surface area contributed by atoms with Crippen molar-refractivity contribution in [2.24, 2.45) is 5.41 Å². The molecule has 9 aromatic rings. The third-order valence-corrected chi connectivity index (χ3v) is 14.3. The first-order valence-corrected chi connectivity index (χ1v) is 27.2. The first-order chi connectivity index (χ1) is 29.0. The maximum Gasteiger partial charge on any atom is 0 e. The molecule has 0 atom stereocenters. The van der Waals surface area contributed by atoms with Crippen LogP contribution < -0.4 is 4.40 Å². The van der Waals surface area contributed by atoms with Crippen molar-refractivity contribution in [1.29, 1.82) is 5.26 Å². The monoisotopic (exact) mass is 1030 g/mol. The van der Waals surface area contributed by atoms with E-state index < -0.39 is 25.1 Å². The molecule has 0 saturated heterocycles. The summed E-state index contributed by atoms with van der Waals surface area (Å²) in [7, 11) is 0. The molecule has 0 bridgehead atoms. The summed E-state index contributed by atoms with van der Waals surface area (Å²) in [5.41, 5.74) is 11.7. The van der Waals surface area contributed by atoms with Gasteiger partial charge >= 0.3 is 135 Å². The van der Waals surface area contributed by atoms with Gasteiger partial charge in [0.15, 0.2) is 0 Å². The molecule has 0 amide bonds. The second-order valence-corrected chi connectivity index (χ2v) is 27.5. The van der Waals surface area contributed by atoms with E-state index in [9.17, 15) is 5.26 Å². The van der Waals surface area contributed by atoms with Crippen LogP contribution in [0.25, 0.3) is 72.4 Å². The first-order valence-electron chi connectivity index (χ1n) is 20.8. The standard InChI is InChI=1S/C33H21N4O.C19H26GeN.Ir/c1-20-17-24(18-21(2)35-20)37-29-9-5-4-8-28(29)36-33(37)27-16-15-25(23-13-11-22(19-34)12-14-23)31-26-7-3-6-10-30(26)38-32(27)31;1-19(2,3)13-16-12-18(15-10-8-7-9-11-15)21-14-17(16)20(4,5)6;/h3-15,17-18H,1-2H3;7-10,12,14H,13H2,1-6H3;/q2*-1;/i;13D2;. The van der Waals surface area contributed by atoms with E-state index in [0.29, 0.717) is 5.56 Å². The van der Waals surface area contributed by atoms with Gasteiger partial charge in [-0.25, -0.2) is 0 Å². The Labute approximate surface area is 371 Å². The van der Waals surface area contributed by atoms with Crippen molar-refractivity contribution in [3.05, 3.63) is 162 Å². The van der Waals surface area contributed by atoms with Crippen molar-refractivity contribution in [3.8, 4) is 45.5 Å². The summed E-state index contributed by atoms with van der Waals surface area (Å²) in [5.74, 6) is 7.61. The zero-order chi connectivity index (χ0) is 43.3. The average Bonchev–Trinajstić information content (AvgIpc) is 3.82. The Morgan fingerprint density at radius 1 is 0.850 bits per heavy atom. The molecule has 5 aromatic carbocycles. The molecular weight excluding hydrogens is 975 g/mol. The molecule has 60 heavy (non-hydrogen) atoms. The van der Waals surface area contributed by atoms with Crippen molar-refractivity contribution in [2.45, 2.75) is 58.3 Å². The number of hydrogen-bond acceptors (Lipinski definition) is 5. The molecule has 9 rings (SSSR count). The number of imidazole rings is 1. The molecule has 0 N–H and O–H groups in total. The van der Waals surface area contributed by atoms with Crippen LogP contribution in [0.3, 0.4) is 0 Å². The topological polar surface area (TPSA) is 80.5 Å². The average molecular weight is 1020 g/mol. The molecule has 0 unspecified atom stereocenters. The normalized spacial score (nSPS) is 12.3. The second kappa shape index (κ2) is 17.1. The van der Waals surface area contributed by atoms with Crippen molar-refractivity contribution >= 4 is 50.6 Å². The SMILES string of the molecule is Cc1cc(-n2c(-c3[c-]cc(-c4ccc(C#N)cc4)c4c3oc3ccccc34)nc3ccccc32)cc(C)n1.[2H]C([2H])(c1cc(-c2[c-]cccc2)nc[c]1[Ge]([CH3])([CH3])[CH3])C(C)(C)C.[Ir]. The Kier molecular flexibility index (Phi) is 11.4. The Hall–Kier alpha value is -5.65. The van der Waals surface area contributed by atoms with E-state index in [0.717, 1.165) is 93.8 Å². The van der Waals surface area contributed by atoms with Crippen molar-refractivity contribution in [1.82, 2.24) is 19.5 Å². The maximum absolute atomic E-state index is 9.27. The smallest absolute Gasteiger partial charge is 0 e. The Bertz CT molecular complexity index is 3100.